The second-order valence-corrected chi connectivity index (χ2v) is 5.84. The van der Waals surface area contributed by atoms with Crippen LogP contribution in [0.25, 0.3) is 0 Å². The molecule has 0 unspecified atom stereocenters. The SMILES string of the molecule is Cc1nc2c(c(=O)[nH]1)CN(Cc1ccc(F)cc1C(F)(F)F)CC2. The van der Waals surface area contributed by atoms with Crippen molar-refractivity contribution in [3.63, 3.8) is 0 Å². The van der Waals surface area contributed by atoms with E-state index in [1.807, 2.05) is 0 Å². The van der Waals surface area contributed by atoms with E-state index in [1.165, 1.54) is 0 Å². The lowest BCUT2D eigenvalue weighted by atomic mass is 10.0. The first-order chi connectivity index (χ1) is 11.2. The van der Waals surface area contributed by atoms with Crippen molar-refractivity contribution in [3.05, 3.63) is 62.6 Å². The molecule has 1 aromatic heterocycles. The van der Waals surface area contributed by atoms with Crippen LogP contribution in [0.2, 0.25) is 0 Å². The number of hydrogen-bond donors (Lipinski definition) is 1. The molecule has 0 saturated heterocycles. The summed E-state index contributed by atoms with van der Waals surface area (Å²) >= 11 is 0. The summed E-state index contributed by atoms with van der Waals surface area (Å²) in [5.74, 6) is -0.406. The summed E-state index contributed by atoms with van der Waals surface area (Å²) in [4.78, 5) is 20.6. The quantitative estimate of drug-likeness (QED) is 0.855. The average Bonchev–Trinajstić information content (AvgIpc) is 2.48. The monoisotopic (exact) mass is 341 g/mol. The molecule has 0 aliphatic carbocycles. The van der Waals surface area contributed by atoms with Gasteiger partial charge in [0.1, 0.15) is 11.6 Å². The zero-order valence-corrected chi connectivity index (χ0v) is 12.9. The first kappa shape index (κ1) is 16.6. The number of hydrogen-bond acceptors (Lipinski definition) is 3. The third-order valence-electron chi connectivity index (χ3n) is 4.04. The molecular formula is C16H15F4N3O. The van der Waals surface area contributed by atoms with Gasteiger partial charge in [0.05, 0.1) is 16.8 Å². The largest absolute Gasteiger partial charge is 0.416 e. The van der Waals surface area contributed by atoms with Crippen LogP contribution in [0.3, 0.4) is 0 Å². The van der Waals surface area contributed by atoms with Gasteiger partial charge in [-0.15, -0.1) is 0 Å². The van der Waals surface area contributed by atoms with Crippen LogP contribution < -0.4 is 5.56 Å². The minimum absolute atomic E-state index is 0.0103. The Balaban J connectivity index is 1.87. The van der Waals surface area contributed by atoms with Crippen molar-refractivity contribution in [2.45, 2.75) is 32.6 Å². The van der Waals surface area contributed by atoms with E-state index < -0.39 is 17.6 Å². The van der Waals surface area contributed by atoms with Gasteiger partial charge in [0, 0.05) is 26.1 Å². The lowest BCUT2D eigenvalue weighted by Gasteiger charge is -2.28. The van der Waals surface area contributed by atoms with E-state index in [-0.39, 0.29) is 24.2 Å². The summed E-state index contributed by atoms with van der Waals surface area (Å²) in [6, 6.07) is 2.66. The Bertz CT molecular complexity index is 829. The number of aromatic nitrogens is 2. The molecule has 0 amide bonds. The first-order valence-corrected chi connectivity index (χ1v) is 7.40. The maximum absolute atomic E-state index is 13.2. The van der Waals surface area contributed by atoms with Crippen LogP contribution in [0.1, 0.15) is 28.2 Å². The summed E-state index contributed by atoms with van der Waals surface area (Å²) in [5, 5.41) is 0. The third kappa shape index (κ3) is 3.33. The lowest BCUT2D eigenvalue weighted by Crippen LogP contribution is -2.36. The van der Waals surface area contributed by atoms with Crippen LogP contribution in [-0.4, -0.2) is 21.4 Å². The second kappa shape index (κ2) is 6.01. The van der Waals surface area contributed by atoms with Crippen molar-refractivity contribution in [3.8, 4) is 0 Å². The van der Waals surface area contributed by atoms with Gasteiger partial charge in [0.15, 0.2) is 0 Å². The normalized spacial score (nSPS) is 15.4. The van der Waals surface area contributed by atoms with Crippen LogP contribution >= 0.6 is 0 Å². The minimum Gasteiger partial charge on any atom is -0.310 e. The number of aromatic amines is 1. The topological polar surface area (TPSA) is 49.0 Å². The summed E-state index contributed by atoms with van der Waals surface area (Å²) < 4.78 is 52.4. The molecule has 0 radical (unpaired) electrons. The molecule has 1 N–H and O–H groups in total. The smallest absolute Gasteiger partial charge is 0.310 e. The summed E-state index contributed by atoms with van der Waals surface area (Å²) in [7, 11) is 0. The van der Waals surface area contributed by atoms with Crippen LogP contribution in [0.15, 0.2) is 23.0 Å². The van der Waals surface area contributed by atoms with E-state index in [2.05, 4.69) is 9.97 Å². The molecule has 1 aliphatic heterocycles. The number of H-pyrrole nitrogens is 1. The fourth-order valence-electron chi connectivity index (χ4n) is 2.93. The van der Waals surface area contributed by atoms with E-state index in [1.54, 1.807) is 11.8 Å². The minimum atomic E-state index is -4.62. The number of aryl methyl sites for hydroxylation is 1. The summed E-state index contributed by atoms with van der Waals surface area (Å²) in [6.45, 7) is 2.37. The molecule has 4 nitrogen and oxygen atoms in total. The second-order valence-electron chi connectivity index (χ2n) is 5.84. The van der Waals surface area contributed by atoms with Crippen LogP contribution in [0.4, 0.5) is 17.6 Å². The first-order valence-electron chi connectivity index (χ1n) is 7.40. The van der Waals surface area contributed by atoms with Crippen molar-refractivity contribution in [2.75, 3.05) is 6.54 Å². The van der Waals surface area contributed by atoms with Crippen molar-refractivity contribution in [1.82, 2.24) is 14.9 Å². The van der Waals surface area contributed by atoms with Gasteiger partial charge in [-0.2, -0.15) is 13.2 Å². The van der Waals surface area contributed by atoms with Crippen LogP contribution in [0, 0.1) is 12.7 Å². The highest BCUT2D eigenvalue weighted by Crippen LogP contribution is 2.33. The molecule has 0 atom stereocenters. The highest BCUT2D eigenvalue weighted by Gasteiger charge is 2.34. The highest BCUT2D eigenvalue weighted by atomic mass is 19.4. The zero-order valence-electron chi connectivity index (χ0n) is 12.9. The molecule has 3 rings (SSSR count). The Morgan fingerprint density at radius 2 is 2.08 bits per heavy atom. The fourth-order valence-corrected chi connectivity index (χ4v) is 2.93. The number of nitrogens with zero attached hydrogens (tertiary/aromatic N) is 2. The molecular weight excluding hydrogens is 326 g/mol. The van der Waals surface area contributed by atoms with E-state index in [0.29, 0.717) is 36.1 Å². The maximum Gasteiger partial charge on any atom is 0.416 e. The Hall–Kier alpha value is -2.22. The van der Waals surface area contributed by atoms with E-state index in [4.69, 9.17) is 0 Å². The fraction of sp³-hybridized carbons (Fsp3) is 0.375. The number of halogens is 4. The van der Waals surface area contributed by atoms with Gasteiger partial charge in [-0.3, -0.25) is 9.69 Å². The average molecular weight is 341 g/mol. The number of fused-ring (bicyclic) bond motifs is 1. The van der Waals surface area contributed by atoms with Gasteiger partial charge in [0.2, 0.25) is 0 Å². The predicted octanol–water partition coefficient (Wildman–Crippen LogP) is 2.79. The summed E-state index contributed by atoms with van der Waals surface area (Å²) in [5.41, 5.74) is -0.101. The van der Waals surface area contributed by atoms with Crippen LogP contribution in [-0.2, 0) is 25.7 Å². The Morgan fingerprint density at radius 3 is 2.79 bits per heavy atom. The molecule has 2 aromatic rings. The molecule has 128 valence electrons. The zero-order chi connectivity index (χ0) is 17.5. The molecule has 2 heterocycles. The summed E-state index contributed by atoms with van der Waals surface area (Å²) in [6.07, 6.45) is -4.14. The lowest BCUT2D eigenvalue weighted by molar-refractivity contribution is -0.138. The third-order valence-corrected chi connectivity index (χ3v) is 4.04. The van der Waals surface area contributed by atoms with E-state index in [0.717, 1.165) is 12.1 Å². The maximum atomic E-state index is 13.2. The molecule has 0 saturated carbocycles. The molecule has 1 aromatic carbocycles. The van der Waals surface area contributed by atoms with Gasteiger partial charge < -0.3 is 4.98 Å². The van der Waals surface area contributed by atoms with Gasteiger partial charge in [0.25, 0.3) is 5.56 Å². The van der Waals surface area contributed by atoms with Gasteiger partial charge in [-0.25, -0.2) is 9.37 Å². The van der Waals surface area contributed by atoms with Gasteiger partial charge in [-0.05, 0) is 24.6 Å². The van der Waals surface area contributed by atoms with Crippen molar-refractivity contribution in [2.24, 2.45) is 0 Å². The number of nitrogens with one attached hydrogen (secondary N) is 1. The molecule has 0 bridgehead atoms. The van der Waals surface area contributed by atoms with Crippen molar-refractivity contribution >= 4 is 0 Å². The van der Waals surface area contributed by atoms with E-state index in [9.17, 15) is 22.4 Å². The van der Waals surface area contributed by atoms with Gasteiger partial charge >= 0.3 is 6.18 Å². The molecule has 8 heteroatoms. The van der Waals surface area contributed by atoms with Crippen molar-refractivity contribution < 1.29 is 17.6 Å². The molecule has 0 fully saturated rings. The Labute approximate surface area is 135 Å². The molecule has 0 spiro atoms. The predicted molar refractivity (Wildman–Crippen MR) is 78.8 cm³/mol. The Kier molecular flexibility index (Phi) is 4.16. The van der Waals surface area contributed by atoms with Crippen LogP contribution in [0.5, 0.6) is 0 Å². The van der Waals surface area contributed by atoms with E-state index >= 15 is 0 Å². The number of alkyl halides is 3. The number of rotatable bonds is 2. The van der Waals surface area contributed by atoms with Gasteiger partial charge in [-0.1, -0.05) is 6.07 Å². The standard InChI is InChI=1S/C16H15F4N3O/c1-9-21-14-4-5-23(8-12(14)15(24)22-9)7-10-2-3-11(17)6-13(10)16(18,19)20/h2-3,6H,4-5,7-8H2,1H3,(H,21,22,24). The molecule has 1 aliphatic rings. The van der Waals surface area contributed by atoms with Crippen molar-refractivity contribution in [1.29, 1.82) is 0 Å². The Morgan fingerprint density at radius 1 is 1.33 bits per heavy atom. The number of benzene rings is 1. The highest BCUT2D eigenvalue weighted by molar-refractivity contribution is 5.31. The molecule has 24 heavy (non-hydrogen) atoms.